The first-order valence-corrected chi connectivity index (χ1v) is 13.6. The van der Waals surface area contributed by atoms with Crippen molar-refractivity contribution >= 4 is 27.0 Å². The van der Waals surface area contributed by atoms with Gasteiger partial charge in [-0.2, -0.15) is 0 Å². The molecule has 0 spiro atoms. The number of aromatic nitrogens is 2. The molecule has 186 valence electrons. The molecule has 7 heteroatoms. The SMILES string of the molecule is CC(C)c1nc2ccc(C(=O)NS(=O)(=O)c3ccccc3)cc2n1Cc1ccc(-c2ccccc2)cc1. The molecule has 4 aromatic carbocycles. The van der Waals surface area contributed by atoms with E-state index in [1.807, 2.05) is 18.2 Å². The number of nitrogens with one attached hydrogen (secondary N) is 1. The van der Waals surface area contributed by atoms with Crippen LogP contribution in [0.25, 0.3) is 22.2 Å². The van der Waals surface area contributed by atoms with Gasteiger partial charge in [-0.25, -0.2) is 18.1 Å². The van der Waals surface area contributed by atoms with E-state index in [4.69, 9.17) is 4.98 Å². The fourth-order valence-electron chi connectivity index (χ4n) is 4.34. The number of nitrogens with zero attached hydrogens (tertiary/aromatic N) is 2. The van der Waals surface area contributed by atoms with E-state index in [0.29, 0.717) is 6.54 Å². The van der Waals surface area contributed by atoms with Gasteiger partial charge in [0.15, 0.2) is 0 Å². The van der Waals surface area contributed by atoms with Gasteiger partial charge in [0, 0.05) is 18.0 Å². The van der Waals surface area contributed by atoms with E-state index in [1.165, 1.54) is 12.1 Å². The van der Waals surface area contributed by atoms with Crippen molar-refractivity contribution in [2.75, 3.05) is 0 Å². The highest BCUT2D eigenvalue weighted by Gasteiger charge is 2.20. The quantitative estimate of drug-likeness (QED) is 0.292. The van der Waals surface area contributed by atoms with Crippen LogP contribution in [0.5, 0.6) is 0 Å². The summed E-state index contributed by atoms with van der Waals surface area (Å²) in [5.41, 5.74) is 5.19. The summed E-state index contributed by atoms with van der Waals surface area (Å²) < 4.78 is 29.6. The first kappa shape index (κ1) is 24.5. The maximum absolute atomic E-state index is 12.9. The van der Waals surface area contributed by atoms with E-state index in [0.717, 1.165) is 33.5 Å². The monoisotopic (exact) mass is 509 g/mol. The Morgan fingerprint density at radius 1 is 0.838 bits per heavy atom. The van der Waals surface area contributed by atoms with E-state index >= 15 is 0 Å². The van der Waals surface area contributed by atoms with Crippen LogP contribution in [0, 0.1) is 0 Å². The van der Waals surface area contributed by atoms with Crippen LogP contribution in [-0.4, -0.2) is 23.9 Å². The first-order valence-electron chi connectivity index (χ1n) is 12.1. The van der Waals surface area contributed by atoms with Gasteiger partial charge >= 0.3 is 0 Å². The molecule has 1 aromatic heterocycles. The molecule has 0 aliphatic rings. The maximum atomic E-state index is 12.9. The number of amides is 1. The van der Waals surface area contributed by atoms with E-state index in [-0.39, 0.29) is 16.4 Å². The molecule has 5 rings (SSSR count). The second-order valence-electron chi connectivity index (χ2n) is 9.22. The summed E-state index contributed by atoms with van der Waals surface area (Å²) in [7, 11) is -3.98. The summed E-state index contributed by atoms with van der Waals surface area (Å²) in [5, 5.41) is 0. The van der Waals surface area contributed by atoms with Crippen LogP contribution >= 0.6 is 0 Å². The second-order valence-corrected chi connectivity index (χ2v) is 10.9. The molecule has 0 bridgehead atoms. The predicted octanol–water partition coefficient (Wildman–Crippen LogP) is 5.99. The summed E-state index contributed by atoms with van der Waals surface area (Å²) in [6, 6.07) is 31.5. The Labute approximate surface area is 216 Å². The van der Waals surface area contributed by atoms with Gasteiger partial charge < -0.3 is 4.57 Å². The van der Waals surface area contributed by atoms with E-state index in [1.54, 1.807) is 36.4 Å². The lowest BCUT2D eigenvalue weighted by Crippen LogP contribution is -2.30. The Bertz CT molecular complexity index is 1660. The third kappa shape index (κ3) is 5.17. The third-order valence-electron chi connectivity index (χ3n) is 6.24. The normalized spacial score (nSPS) is 11.6. The molecular formula is C30H27N3O3S. The summed E-state index contributed by atoms with van der Waals surface area (Å²) in [6.45, 7) is 4.74. The number of benzene rings is 4. The largest absolute Gasteiger partial charge is 0.323 e. The number of sulfonamides is 1. The van der Waals surface area contributed by atoms with Crippen LogP contribution in [0.3, 0.4) is 0 Å². The average Bonchev–Trinajstić information content (AvgIpc) is 3.28. The van der Waals surface area contributed by atoms with Crippen LogP contribution in [0.4, 0.5) is 0 Å². The molecular weight excluding hydrogens is 482 g/mol. The Morgan fingerprint density at radius 2 is 1.46 bits per heavy atom. The summed E-state index contributed by atoms with van der Waals surface area (Å²) >= 11 is 0. The molecule has 5 aromatic rings. The predicted molar refractivity (Wildman–Crippen MR) is 146 cm³/mol. The summed E-state index contributed by atoms with van der Waals surface area (Å²) in [5.74, 6) is 0.375. The van der Waals surface area contributed by atoms with Crippen molar-refractivity contribution in [3.8, 4) is 11.1 Å². The van der Waals surface area contributed by atoms with Crippen molar-refractivity contribution in [3.05, 3.63) is 120 Å². The molecule has 37 heavy (non-hydrogen) atoms. The zero-order valence-electron chi connectivity index (χ0n) is 20.6. The molecule has 1 N–H and O–H groups in total. The molecule has 0 aliphatic heterocycles. The summed E-state index contributed by atoms with van der Waals surface area (Å²) in [4.78, 5) is 17.8. The van der Waals surface area contributed by atoms with Crippen LogP contribution in [0.2, 0.25) is 0 Å². The molecule has 0 unspecified atom stereocenters. The molecule has 0 fully saturated rings. The van der Waals surface area contributed by atoms with Crippen molar-refractivity contribution < 1.29 is 13.2 Å². The zero-order chi connectivity index (χ0) is 26.0. The van der Waals surface area contributed by atoms with Gasteiger partial charge in [0.05, 0.1) is 15.9 Å². The number of hydrogen-bond donors (Lipinski definition) is 1. The fraction of sp³-hybridized carbons (Fsp3) is 0.133. The lowest BCUT2D eigenvalue weighted by atomic mass is 10.0. The van der Waals surface area contributed by atoms with Gasteiger partial charge in [0.2, 0.25) is 0 Å². The Hall–Kier alpha value is -4.23. The number of imidazole rings is 1. The van der Waals surface area contributed by atoms with E-state index in [9.17, 15) is 13.2 Å². The molecule has 6 nitrogen and oxygen atoms in total. The van der Waals surface area contributed by atoms with Crippen LogP contribution in [0.1, 0.15) is 41.5 Å². The fourth-order valence-corrected chi connectivity index (χ4v) is 5.34. The van der Waals surface area contributed by atoms with Crippen molar-refractivity contribution in [3.63, 3.8) is 0 Å². The van der Waals surface area contributed by atoms with Crippen LogP contribution < -0.4 is 4.72 Å². The number of fused-ring (bicyclic) bond motifs is 1. The number of hydrogen-bond acceptors (Lipinski definition) is 4. The minimum atomic E-state index is -3.98. The van der Waals surface area contributed by atoms with E-state index in [2.05, 4.69) is 59.5 Å². The molecule has 1 amide bonds. The van der Waals surface area contributed by atoms with Crippen molar-refractivity contribution in [2.45, 2.75) is 31.2 Å². The van der Waals surface area contributed by atoms with Crippen LogP contribution in [-0.2, 0) is 16.6 Å². The first-order chi connectivity index (χ1) is 17.8. The number of rotatable bonds is 7. The van der Waals surface area contributed by atoms with E-state index < -0.39 is 15.9 Å². The van der Waals surface area contributed by atoms with Gasteiger partial charge in [0.1, 0.15) is 5.82 Å². The highest BCUT2D eigenvalue weighted by Crippen LogP contribution is 2.26. The standard InChI is InChI=1S/C30H27N3O3S/c1-21(2)29-31-27-18-17-25(30(34)32-37(35,36)26-11-7-4-8-12-26)19-28(27)33(29)20-22-13-15-24(16-14-22)23-9-5-3-6-10-23/h3-19,21H,20H2,1-2H3,(H,32,34). The lowest BCUT2D eigenvalue weighted by Gasteiger charge is -2.13. The van der Waals surface area contributed by atoms with Gasteiger partial charge in [0.25, 0.3) is 15.9 Å². The summed E-state index contributed by atoms with van der Waals surface area (Å²) in [6.07, 6.45) is 0. The highest BCUT2D eigenvalue weighted by molar-refractivity contribution is 7.90. The number of carbonyl (C=O) groups is 1. The molecule has 0 saturated heterocycles. The third-order valence-corrected chi connectivity index (χ3v) is 7.59. The molecule has 0 atom stereocenters. The minimum absolute atomic E-state index is 0.0375. The highest BCUT2D eigenvalue weighted by atomic mass is 32.2. The Kier molecular flexibility index (Phi) is 6.63. The van der Waals surface area contributed by atoms with Crippen LogP contribution in [0.15, 0.2) is 108 Å². The molecule has 0 radical (unpaired) electrons. The van der Waals surface area contributed by atoms with Crippen molar-refractivity contribution in [1.29, 1.82) is 0 Å². The zero-order valence-corrected chi connectivity index (χ0v) is 21.4. The van der Waals surface area contributed by atoms with Crippen molar-refractivity contribution in [2.24, 2.45) is 0 Å². The topological polar surface area (TPSA) is 81.1 Å². The molecule has 0 aliphatic carbocycles. The maximum Gasteiger partial charge on any atom is 0.265 e. The second kappa shape index (κ2) is 10.0. The van der Waals surface area contributed by atoms with Crippen molar-refractivity contribution in [1.82, 2.24) is 14.3 Å². The Balaban J connectivity index is 1.46. The van der Waals surface area contributed by atoms with Gasteiger partial charge in [-0.3, -0.25) is 4.79 Å². The lowest BCUT2D eigenvalue weighted by molar-refractivity contribution is 0.0981. The van der Waals surface area contributed by atoms with Gasteiger partial charge in [-0.15, -0.1) is 0 Å². The smallest absolute Gasteiger partial charge is 0.265 e. The molecule has 0 saturated carbocycles. The Morgan fingerprint density at radius 3 is 2.11 bits per heavy atom. The van der Waals surface area contributed by atoms with Gasteiger partial charge in [-0.05, 0) is 47.0 Å². The number of carbonyl (C=O) groups excluding carboxylic acids is 1. The molecule has 1 heterocycles. The van der Waals surface area contributed by atoms with Gasteiger partial charge in [-0.1, -0.05) is 86.6 Å². The average molecular weight is 510 g/mol. The minimum Gasteiger partial charge on any atom is -0.323 e.